The quantitative estimate of drug-likeness (QED) is 0.407. The van der Waals surface area contributed by atoms with E-state index in [4.69, 9.17) is 9.47 Å². The minimum absolute atomic E-state index is 0.0883. The molecule has 4 aromatic rings. The van der Waals surface area contributed by atoms with Gasteiger partial charge in [0.25, 0.3) is 0 Å². The first kappa shape index (κ1) is 22.8. The molecule has 9 heteroatoms. The molecule has 5 rings (SSSR count). The smallest absolute Gasteiger partial charge is 0.236 e. The Hall–Kier alpha value is -3.98. The second-order valence-electron chi connectivity index (χ2n) is 7.99. The zero-order chi connectivity index (χ0) is 24.2. The number of nitrogens with zero attached hydrogens (tertiary/aromatic N) is 3. The SMILES string of the molecule is COc1ccc(CNC(=O)[C@@H]2Sc3nnc(-c4ccccc4)n3N[C@@H]2c2ccc(OC)cc2)cc1. The Kier molecular flexibility index (Phi) is 6.58. The van der Waals surface area contributed by atoms with Crippen LogP contribution in [0.1, 0.15) is 17.2 Å². The molecule has 0 radical (unpaired) electrons. The molecule has 2 heterocycles. The number of hydrogen-bond donors (Lipinski definition) is 2. The van der Waals surface area contributed by atoms with Crippen molar-refractivity contribution in [1.82, 2.24) is 20.2 Å². The molecule has 1 aliphatic heterocycles. The monoisotopic (exact) mass is 487 g/mol. The van der Waals surface area contributed by atoms with Crippen LogP contribution in [0.4, 0.5) is 0 Å². The normalized spacial score (nSPS) is 16.6. The van der Waals surface area contributed by atoms with Crippen LogP contribution in [0.15, 0.2) is 84.0 Å². The van der Waals surface area contributed by atoms with Crippen LogP contribution in [-0.4, -0.2) is 40.3 Å². The van der Waals surface area contributed by atoms with Gasteiger partial charge in [-0.15, -0.1) is 10.2 Å². The summed E-state index contributed by atoms with van der Waals surface area (Å²) in [6.07, 6.45) is 0. The van der Waals surface area contributed by atoms with Crippen LogP contribution in [0.5, 0.6) is 11.5 Å². The summed E-state index contributed by atoms with van der Waals surface area (Å²) in [4.78, 5) is 13.4. The summed E-state index contributed by atoms with van der Waals surface area (Å²) in [6, 6.07) is 24.9. The van der Waals surface area contributed by atoms with Gasteiger partial charge in [-0.1, -0.05) is 66.4 Å². The van der Waals surface area contributed by atoms with Gasteiger partial charge in [-0.3, -0.25) is 4.79 Å². The first-order valence-corrected chi connectivity index (χ1v) is 12.0. The summed E-state index contributed by atoms with van der Waals surface area (Å²) in [5.41, 5.74) is 6.38. The lowest BCUT2D eigenvalue weighted by Crippen LogP contribution is -2.43. The molecule has 3 aromatic carbocycles. The second kappa shape index (κ2) is 10.1. The van der Waals surface area contributed by atoms with Gasteiger partial charge in [0.2, 0.25) is 11.1 Å². The number of carbonyl (C=O) groups excluding carboxylic acids is 1. The molecule has 0 unspecified atom stereocenters. The summed E-state index contributed by atoms with van der Waals surface area (Å²) in [5, 5.41) is 12.0. The van der Waals surface area contributed by atoms with Gasteiger partial charge in [0.05, 0.1) is 20.3 Å². The highest BCUT2D eigenvalue weighted by Crippen LogP contribution is 2.39. The fourth-order valence-electron chi connectivity index (χ4n) is 3.92. The van der Waals surface area contributed by atoms with Crippen molar-refractivity contribution in [2.45, 2.75) is 23.0 Å². The number of ether oxygens (including phenoxy) is 2. The molecule has 8 nitrogen and oxygen atoms in total. The number of hydrogen-bond acceptors (Lipinski definition) is 7. The van der Waals surface area contributed by atoms with Gasteiger partial charge in [0, 0.05) is 12.1 Å². The molecule has 1 aliphatic rings. The Morgan fingerprint density at radius 1 is 0.943 bits per heavy atom. The van der Waals surface area contributed by atoms with Gasteiger partial charge in [-0.25, -0.2) is 4.68 Å². The van der Waals surface area contributed by atoms with E-state index in [1.165, 1.54) is 11.8 Å². The Morgan fingerprint density at radius 3 is 2.26 bits per heavy atom. The first-order chi connectivity index (χ1) is 17.2. The highest BCUT2D eigenvalue weighted by Gasteiger charge is 2.38. The van der Waals surface area contributed by atoms with Gasteiger partial charge < -0.3 is 20.2 Å². The Labute approximate surface area is 207 Å². The average molecular weight is 488 g/mol. The first-order valence-electron chi connectivity index (χ1n) is 11.1. The van der Waals surface area contributed by atoms with Gasteiger partial charge in [0.15, 0.2) is 5.82 Å². The van der Waals surface area contributed by atoms with Gasteiger partial charge in [0.1, 0.15) is 16.7 Å². The fraction of sp³-hybridized carbons (Fsp3) is 0.192. The van der Waals surface area contributed by atoms with E-state index in [0.29, 0.717) is 17.5 Å². The predicted octanol–water partition coefficient (Wildman–Crippen LogP) is 4.04. The van der Waals surface area contributed by atoms with E-state index >= 15 is 0 Å². The number of nitrogens with one attached hydrogen (secondary N) is 2. The molecule has 35 heavy (non-hydrogen) atoms. The van der Waals surface area contributed by atoms with Gasteiger partial charge in [-0.05, 0) is 35.4 Å². The summed E-state index contributed by atoms with van der Waals surface area (Å²) in [6.45, 7) is 0.414. The molecule has 0 saturated carbocycles. The molecule has 0 spiro atoms. The van der Waals surface area contributed by atoms with Crippen LogP contribution in [0.2, 0.25) is 0 Å². The molecule has 0 saturated heterocycles. The van der Waals surface area contributed by atoms with Crippen LogP contribution < -0.4 is 20.2 Å². The molecule has 2 atom stereocenters. The number of methoxy groups -OCH3 is 2. The zero-order valence-electron chi connectivity index (χ0n) is 19.3. The van der Waals surface area contributed by atoms with Crippen molar-refractivity contribution in [3.05, 3.63) is 90.0 Å². The molecule has 1 aromatic heterocycles. The number of rotatable bonds is 7. The van der Waals surface area contributed by atoms with Gasteiger partial charge >= 0.3 is 0 Å². The maximum Gasteiger partial charge on any atom is 0.236 e. The maximum absolute atomic E-state index is 13.4. The molecular weight excluding hydrogens is 462 g/mol. The average Bonchev–Trinajstić information content (AvgIpc) is 3.35. The van der Waals surface area contributed by atoms with Crippen molar-refractivity contribution in [3.8, 4) is 22.9 Å². The molecule has 178 valence electrons. The number of amides is 1. The van der Waals surface area contributed by atoms with E-state index < -0.39 is 5.25 Å². The Morgan fingerprint density at radius 2 is 1.60 bits per heavy atom. The molecule has 0 aliphatic carbocycles. The van der Waals surface area contributed by atoms with Crippen LogP contribution in [-0.2, 0) is 11.3 Å². The number of fused-ring (bicyclic) bond motifs is 1. The minimum atomic E-state index is -0.457. The van der Waals surface area contributed by atoms with Crippen LogP contribution in [0.25, 0.3) is 11.4 Å². The highest BCUT2D eigenvalue weighted by atomic mass is 32.2. The fourth-order valence-corrected chi connectivity index (χ4v) is 5.03. The van der Waals surface area contributed by atoms with Gasteiger partial charge in [-0.2, -0.15) is 0 Å². The van der Waals surface area contributed by atoms with Crippen molar-refractivity contribution >= 4 is 17.7 Å². The summed E-state index contributed by atoms with van der Waals surface area (Å²) >= 11 is 1.40. The van der Waals surface area contributed by atoms with Crippen LogP contribution >= 0.6 is 11.8 Å². The molecule has 1 amide bonds. The minimum Gasteiger partial charge on any atom is -0.497 e. The topological polar surface area (TPSA) is 90.3 Å². The van der Waals surface area contributed by atoms with Crippen molar-refractivity contribution in [2.24, 2.45) is 0 Å². The van der Waals surface area contributed by atoms with Crippen molar-refractivity contribution < 1.29 is 14.3 Å². The number of aromatic nitrogens is 3. The van der Waals surface area contributed by atoms with E-state index in [-0.39, 0.29) is 11.9 Å². The summed E-state index contributed by atoms with van der Waals surface area (Å²) < 4.78 is 12.4. The van der Waals surface area contributed by atoms with E-state index in [9.17, 15) is 4.79 Å². The largest absolute Gasteiger partial charge is 0.497 e. The van der Waals surface area contributed by atoms with E-state index in [1.54, 1.807) is 14.2 Å². The maximum atomic E-state index is 13.4. The molecular formula is C26H25N5O3S. The second-order valence-corrected chi connectivity index (χ2v) is 9.10. The molecule has 0 bridgehead atoms. The zero-order valence-corrected chi connectivity index (χ0v) is 20.2. The van der Waals surface area contributed by atoms with Crippen molar-refractivity contribution in [2.75, 3.05) is 19.6 Å². The Balaban J connectivity index is 1.42. The van der Waals surface area contributed by atoms with Crippen molar-refractivity contribution in [3.63, 3.8) is 0 Å². The third kappa shape index (κ3) is 4.81. The summed E-state index contributed by atoms with van der Waals surface area (Å²) in [7, 11) is 3.26. The summed E-state index contributed by atoms with van der Waals surface area (Å²) in [5.74, 6) is 2.14. The lowest BCUT2D eigenvalue weighted by Gasteiger charge is -2.33. The van der Waals surface area contributed by atoms with E-state index in [2.05, 4.69) is 20.9 Å². The Bertz CT molecular complexity index is 1290. The molecule has 2 N–H and O–H groups in total. The van der Waals surface area contributed by atoms with Crippen molar-refractivity contribution in [1.29, 1.82) is 0 Å². The van der Waals surface area contributed by atoms with Crippen LogP contribution in [0.3, 0.4) is 0 Å². The van der Waals surface area contributed by atoms with Crippen LogP contribution in [0, 0.1) is 0 Å². The predicted molar refractivity (Wildman–Crippen MR) is 135 cm³/mol. The van der Waals surface area contributed by atoms with E-state index in [1.807, 2.05) is 83.5 Å². The van der Waals surface area contributed by atoms with E-state index in [0.717, 1.165) is 28.2 Å². The number of carbonyl (C=O) groups is 1. The molecule has 0 fully saturated rings. The third-order valence-electron chi connectivity index (χ3n) is 5.83. The highest BCUT2D eigenvalue weighted by molar-refractivity contribution is 8.00. The number of thioether (sulfide) groups is 1. The number of benzene rings is 3. The standard InChI is InChI=1S/C26H25N5O3S/c1-33-20-12-8-17(9-13-20)16-27-25(32)23-22(18-10-14-21(34-2)15-11-18)30-31-24(28-29-26(31)35-23)19-6-4-3-5-7-19/h3-15,22-23,30H,16H2,1-2H3,(H,27,32)/t22-,23-/m1/s1. The lowest BCUT2D eigenvalue weighted by molar-refractivity contribution is -0.121. The third-order valence-corrected chi connectivity index (χ3v) is 7.04. The lowest BCUT2D eigenvalue weighted by atomic mass is 10.0.